The van der Waals surface area contributed by atoms with Crippen molar-refractivity contribution in [2.45, 2.75) is 13.0 Å². The lowest BCUT2D eigenvalue weighted by Crippen LogP contribution is -2.18. The van der Waals surface area contributed by atoms with E-state index < -0.39 is 6.04 Å². The molecule has 17 heavy (non-hydrogen) atoms. The van der Waals surface area contributed by atoms with Gasteiger partial charge in [0.15, 0.2) is 0 Å². The van der Waals surface area contributed by atoms with Crippen molar-refractivity contribution < 1.29 is 5.11 Å². The number of hydrogen-bond acceptors (Lipinski definition) is 3. The van der Waals surface area contributed by atoms with Gasteiger partial charge in [-0.2, -0.15) is 0 Å². The molecular formula is C12H14ClN3O. The van der Waals surface area contributed by atoms with Crippen molar-refractivity contribution in [1.82, 2.24) is 9.55 Å². The van der Waals surface area contributed by atoms with Gasteiger partial charge in [-0.1, -0.05) is 17.7 Å². The molecule has 0 fully saturated rings. The highest BCUT2D eigenvalue weighted by atomic mass is 35.5. The summed E-state index contributed by atoms with van der Waals surface area (Å²) in [5.74, 6) is 0. The monoisotopic (exact) mass is 251 g/mol. The number of rotatable bonds is 3. The molecule has 3 N–H and O–H groups in total. The first-order chi connectivity index (χ1) is 8.13. The normalized spacial score (nSPS) is 12.7. The lowest BCUT2D eigenvalue weighted by molar-refractivity contribution is 0.265. The SMILES string of the molecule is Cc1ccc(-n2cncc2C(N)CO)cc1Cl. The zero-order valence-electron chi connectivity index (χ0n) is 9.47. The summed E-state index contributed by atoms with van der Waals surface area (Å²) in [5.41, 5.74) is 8.46. The van der Waals surface area contributed by atoms with Gasteiger partial charge in [-0.05, 0) is 24.6 Å². The van der Waals surface area contributed by atoms with Crippen molar-refractivity contribution in [2.24, 2.45) is 5.73 Å². The molecule has 90 valence electrons. The third kappa shape index (κ3) is 2.34. The van der Waals surface area contributed by atoms with Gasteiger partial charge in [0, 0.05) is 10.7 Å². The number of aliphatic hydroxyl groups excluding tert-OH is 1. The predicted octanol–water partition coefficient (Wildman–Crippen LogP) is 1.83. The van der Waals surface area contributed by atoms with Crippen molar-refractivity contribution in [1.29, 1.82) is 0 Å². The smallest absolute Gasteiger partial charge is 0.0994 e. The van der Waals surface area contributed by atoms with Gasteiger partial charge < -0.3 is 15.4 Å². The van der Waals surface area contributed by atoms with Crippen LogP contribution in [0, 0.1) is 6.92 Å². The molecule has 4 nitrogen and oxygen atoms in total. The van der Waals surface area contributed by atoms with Gasteiger partial charge in [0.2, 0.25) is 0 Å². The van der Waals surface area contributed by atoms with E-state index in [2.05, 4.69) is 4.98 Å². The molecule has 0 aliphatic heterocycles. The molecule has 1 aromatic carbocycles. The molecule has 1 atom stereocenters. The van der Waals surface area contributed by atoms with E-state index in [0.29, 0.717) is 5.02 Å². The summed E-state index contributed by atoms with van der Waals surface area (Å²) in [6.07, 6.45) is 3.31. The third-order valence-corrected chi connectivity index (χ3v) is 3.08. The topological polar surface area (TPSA) is 64.1 Å². The fourth-order valence-electron chi connectivity index (χ4n) is 1.62. The molecule has 1 aromatic heterocycles. The van der Waals surface area contributed by atoms with Gasteiger partial charge in [-0.3, -0.25) is 0 Å². The first-order valence-corrected chi connectivity index (χ1v) is 5.66. The number of aliphatic hydroxyl groups is 1. The molecule has 0 radical (unpaired) electrons. The van der Waals surface area contributed by atoms with Gasteiger partial charge in [-0.25, -0.2) is 4.98 Å². The molecule has 2 rings (SSSR count). The molecular weight excluding hydrogens is 238 g/mol. The molecule has 0 bridgehead atoms. The second-order valence-corrected chi connectivity index (χ2v) is 4.32. The predicted molar refractivity (Wildman–Crippen MR) is 67.3 cm³/mol. The molecule has 0 aliphatic carbocycles. The van der Waals surface area contributed by atoms with Gasteiger partial charge in [-0.15, -0.1) is 0 Å². The number of hydrogen-bond donors (Lipinski definition) is 2. The van der Waals surface area contributed by atoms with Crippen molar-refractivity contribution in [2.75, 3.05) is 6.61 Å². The van der Waals surface area contributed by atoms with Gasteiger partial charge in [0.1, 0.15) is 0 Å². The maximum atomic E-state index is 9.08. The Morgan fingerprint density at radius 1 is 1.53 bits per heavy atom. The zero-order chi connectivity index (χ0) is 12.4. The quantitative estimate of drug-likeness (QED) is 0.875. The Labute approximate surface area is 105 Å². The molecule has 1 heterocycles. The summed E-state index contributed by atoms with van der Waals surface area (Å²) in [6, 6.07) is 5.28. The number of imidazole rings is 1. The number of benzene rings is 1. The van der Waals surface area contributed by atoms with E-state index >= 15 is 0 Å². The highest BCUT2D eigenvalue weighted by Crippen LogP contribution is 2.22. The second-order valence-electron chi connectivity index (χ2n) is 3.91. The van der Waals surface area contributed by atoms with Gasteiger partial charge >= 0.3 is 0 Å². The van der Waals surface area contributed by atoms with Crippen LogP contribution < -0.4 is 5.73 Å². The Hall–Kier alpha value is -1.36. The maximum Gasteiger partial charge on any atom is 0.0994 e. The van der Waals surface area contributed by atoms with Crippen LogP contribution in [0.2, 0.25) is 5.02 Å². The Bertz CT molecular complexity index is 524. The lowest BCUT2D eigenvalue weighted by atomic mass is 10.2. The van der Waals surface area contributed by atoms with Crippen LogP contribution >= 0.6 is 11.6 Å². The van der Waals surface area contributed by atoms with E-state index in [0.717, 1.165) is 16.9 Å². The summed E-state index contributed by atoms with van der Waals surface area (Å²) < 4.78 is 1.83. The standard InChI is InChI=1S/C12H14ClN3O/c1-8-2-3-9(4-10(8)13)16-7-15-5-12(16)11(14)6-17/h2-5,7,11,17H,6,14H2,1H3. The summed E-state index contributed by atoms with van der Waals surface area (Å²) in [5, 5.41) is 9.78. The number of halogens is 1. The number of nitrogens with two attached hydrogens (primary N) is 1. The second kappa shape index (κ2) is 4.87. The minimum absolute atomic E-state index is 0.120. The molecule has 0 spiro atoms. The van der Waals surface area contributed by atoms with E-state index in [1.165, 1.54) is 0 Å². The van der Waals surface area contributed by atoms with Gasteiger partial charge in [0.25, 0.3) is 0 Å². The highest BCUT2D eigenvalue weighted by molar-refractivity contribution is 6.31. The molecule has 0 amide bonds. The fraction of sp³-hybridized carbons (Fsp3) is 0.250. The van der Waals surface area contributed by atoms with Crippen molar-refractivity contribution in [3.8, 4) is 5.69 Å². The average molecular weight is 252 g/mol. The van der Waals surface area contributed by atoms with Crippen LogP contribution in [0.4, 0.5) is 0 Å². The minimum atomic E-state index is -0.447. The molecule has 2 aromatic rings. The lowest BCUT2D eigenvalue weighted by Gasteiger charge is -2.13. The Kier molecular flexibility index (Phi) is 3.47. The van der Waals surface area contributed by atoms with Crippen LogP contribution in [-0.4, -0.2) is 21.3 Å². The van der Waals surface area contributed by atoms with Gasteiger partial charge in [0.05, 0.1) is 30.9 Å². The van der Waals surface area contributed by atoms with Crippen LogP contribution in [-0.2, 0) is 0 Å². The Morgan fingerprint density at radius 2 is 2.29 bits per heavy atom. The van der Waals surface area contributed by atoms with Crippen LogP contribution in [0.1, 0.15) is 17.3 Å². The van der Waals surface area contributed by atoms with Crippen LogP contribution in [0.5, 0.6) is 0 Å². The highest BCUT2D eigenvalue weighted by Gasteiger charge is 2.12. The maximum absolute atomic E-state index is 9.08. The zero-order valence-corrected chi connectivity index (χ0v) is 10.2. The molecule has 1 unspecified atom stereocenters. The average Bonchev–Trinajstić information content (AvgIpc) is 2.80. The van der Waals surface area contributed by atoms with Crippen LogP contribution in [0.25, 0.3) is 5.69 Å². The Balaban J connectivity index is 2.46. The van der Waals surface area contributed by atoms with E-state index in [1.54, 1.807) is 12.5 Å². The number of nitrogens with zero attached hydrogens (tertiary/aromatic N) is 2. The summed E-state index contributed by atoms with van der Waals surface area (Å²) in [7, 11) is 0. The number of aryl methyl sites for hydroxylation is 1. The van der Waals surface area contributed by atoms with E-state index in [9.17, 15) is 0 Å². The first-order valence-electron chi connectivity index (χ1n) is 5.28. The molecule has 5 heteroatoms. The van der Waals surface area contributed by atoms with E-state index in [4.69, 9.17) is 22.4 Å². The molecule has 0 aliphatic rings. The van der Waals surface area contributed by atoms with E-state index in [1.807, 2.05) is 29.7 Å². The first kappa shape index (κ1) is 12.1. The summed E-state index contributed by atoms with van der Waals surface area (Å²) >= 11 is 6.08. The summed E-state index contributed by atoms with van der Waals surface area (Å²) in [4.78, 5) is 4.05. The fourth-order valence-corrected chi connectivity index (χ4v) is 1.80. The number of aromatic nitrogens is 2. The minimum Gasteiger partial charge on any atom is -0.394 e. The van der Waals surface area contributed by atoms with Crippen LogP contribution in [0.15, 0.2) is 30.7 Å². The Morgan fingerprint density at radius 3 is 2.94 bits per heavy atom. The molecule has 0 saturated carbocycles. The van der Waals surface area contributed by atoms with Crippen molar-refractivity contribution >= 4 is 11.6 Å². The molecule has 0 saturated heterocycles. The van der Waals surface area contributed by atoms with Crippen molar-refractivity contribution in [3.63, 3.8) is 0 Å². The van der Waals surface area contributed by atoms with E-state index in [-0.39, 0.29) is 6.61 Å². The van der Waals surface area contributed by atoms with Crippen molar-refractivity contribution in [3.05, 3.63) is 47.0 Å². The largest absolute Gasteiger partial charge is 0.394 e. The van der Waals surface area contributed by atoms with Crippen LogP contribution in [0.3, 0.4) is 0 Å². The third-order valence-electron chi connectivity index (χ3n) is 2.68. The summed E-state index contributed by atoms with van der Waals surface area (Å²) in [6.45, 7) is 1.83.